The highest BCUT2D eigenvalue weighted by atomic mass is 16.4. The van der Waals surface area contributed by atoms with E-state index < -0.39 is 12.0 Å². The van der Waals surface area contributed by atoms with Crippen molar-refractivity contribution in [2.75, 3.05) is 26.2 Å². The number of aliphatic carboxylic acids is 1. The third-order valence-electron chi connectivity index (χ3n) is 3.74. The molecule has 1 N–H and O–H groups in total. The van der Waals surface area contributed by atoms with Crippen molar-refractivity contribution in [3.63, 3.8) is 0 Å². The quantitative estimate of drug-likeness (QED) is 0.864. The summed E-state index contributed by atoms with van der Waals surface area (Å²) in [6, 6.07) is 3.18. The standard InChI is InChI=1S/C14H20N2O4/c1-11(14(18)19)15-6-8-16(9-7-15)13(17)5-4-12-3-2-10-20-12/h2-3,10-11H,4-9H2,1H3,(H,18,19). The second-order valence-electron chi connectivity index (χ2n) is 5.01. The Morgan fingerprint density at radius 2 is 2.05 bits per heavy atom. The van der Waals surface area contributed by atoms with Gasteiger partial charge in [-0.15, -0.1) is 0 Å². The molecule has 2 rings (SSSR count). The van der Waals surface area contributed by atoms with E-state index in [1.54, 1.807) is 18.1 Å². The average Bonchev–Trinajstić information content (AvgIpc) is 2.97. The van der Waals surface area contributed by atoms with Gasteiger partial charge in [0, 0.05) is 39.0 Å². The van der Waals surface area contributed by atoms with E-state index in [1.165, 1.54) is 0 Å². The van der Waals surface area contributed by atoms with E-state index in [0.29, 0.717) is 39.0 Å². The predicted octanol–water partition coefficient (Wildman–Crippen LogP) is 0.829. The molecule has 6 heteroatoms. The van der Waals surface area contributed by atoms with Gasteiger partial charge in [-0.1, -0.05) is 0 Å². The monoisotopic (exact) mass is 280 g/mol. The fraction of sp³-hybridized carbons (Fsp3) is 0.571. The molecule has 1 atom stereocenters. The van der Waals surface area contributed by atoms with Crippen LogP contribution in [-0.4, -0.2) is 59.0 Å². The first-order valence-corrected chi connectivity index (χ1v) is 6.85. The van der Waals surface area contributed by atoms with Crippen LogP contribution in [0.4, 0.5) is 0 Å². The van der Waals surface area contributed by atoms with Gasteiger partial charge in [0.1, 0.15) is 11.8 Å². The summed E-state index contributed by atoms with van der Waals surface area (Å²) in [5.41, 5.74) is 0. The summed E-state index contributed by atoms with van der Waals surface area (Å²) in [5.74, 6) is 0.100. The zero-order valence-corrected chi connectivity index (χ0v) is 11.6. The molecular weight excluding hydrogens is 260 g/mol. The molecule has 1 amide bonds. The van der Waals surface area contributed by atoms with Gasteiger partial charge in [0.05, 0.1) is 6.26 Å². The van der Waals surface area contributed by atoms with Crippen LogP contribution < -0.4 is 0 Å². The van der Waals surface area contributed by atoms with Gasteiger partial charge in [-0.05, 0) is 19.1 Å². The number of carboxylic acid groups (broad SMARTS) is 1. The van der Waals surface area contributed by atoms with Crippen molar-refractivity contribution in [1.82, 2.24) is 9.80 Å². The van der Waals surface area contributed by atoms with Crippen LogP contribution >= 0.6 is 0 Å². The SMILES string of the molecule is CC(C(=O)O)N1CCN(C(=O)CCc2ccco2)CC1. The van der Waals surface area contributed by atoms with Crippen LogP contribution in [-0.2, 0) is 16.0 Å². The van der Waals surface area contributed by atoms with Gasteiger partial charge < -0.3 is 14.4 Å². The van der Waals surface area contributed by atoms with Gasteiger partial charge >= 0.3 is 5.97 Å². The van der Waals surface area contributed by atoms with Crippen LogP contribution in [0.25, 0.3) is 0 Å². The minimum Gasteiger partial charge on any atom is -0.480 e. The van der Waals surface area contributed by atoms with E-state index in [1.807, 2.05) is 17.0 Å². The van der Waals surface area contributed by atoms with Crippen LogP contribution in [0.3, 0.4) is 0 Å². The van der Waals surface area contributed by atoms with Crippen molar-refractivity contribution < 1.29 is 19.1 Å². The zero-order chi connectivity index (χ0) is 14.5. The lowest BCUT2D eigenvalue weighted by Crippen LogP contribution is -2.53. The molecule has 1 aromatic heterocycles. The maximum Gasteiger partial charge on any atom is 0.320 e. The van der Waals surface area contributed by atoms with E-state index in [9.17, 15) is 9.59 Å². The molecule has 1 saturated heterocycles. The highest BCUT2D eigenvalue weighted by Gasteiger charge is 2.26. The van der Waals surface area contributed by atoms with Gasteiger partial charge in [-0.2, -0.15) is 0 Å². The molecule has 20 heavy (non-hydrogen) atoms. The Labute approximate surface area is 118 Å². The van der Waals surface area contributed by atoms with Crippen molar-refractivity contribution in [1.29, 1.82) is 0 Å². The number of piperazine rings is 1. The number of carbonyl (C=O) groups excluding carboxylic acids is 1. The lowest BCUT2D eigenvalue weighted by atomic mass is 10.2. The molecule has 1 aliphatic heterocycles. The molecule has 2 heterocycles. The van der Waals surface area contributed by atoms with E-state index in [2.05, 4.69) is 0 Å². The Bertz CT molecular complexity index is 450. The third-order valence-corrected chi connectivity index (χ3v) is 3.74. The number of carboxylic acids is 1. The summed E-state index contributed by atoms with van der Waals surface area (Å²) in [4.78, 5) is 26.7. The number of rotatable bonds is 5. The minimum atomic E-state index is -0.817. The average molecular weight is 280 g/mol. The zero-order valence-electron chi connectivity index (χ0n) is 11.6. The molecule has 1 aromatic rings. The van der Waals surface area contributed by atoms with Crippen LogP contribution in [0.5, 0.6) is 0 Å². The predicted molar refractivity (Wildman–Crippen MR) is 72.3 cm³/mol. The number of carbonyl (C=O) groups is 2. The fourth-order valence-corrected chi connectivity index (χ4v) is 2.36. The van der Waals surface area contributed by atoms with Gasteiger partial charge in [-0.3, -0.25) is 14.5 Å². The highest BCUT2D eigenvalue weighted by Crippen LogP contribution is 2.10. The van der Waals surface area contributed by atoms with Crippen LogP contribution in [0, 0.1) is 0 Å². The van der Waals surface area contributed by atoms with Crippen LogP contribution in [0.2, 0.25) is 0 Å². The molecule has 0 bridgehead atoms. The molecule has 0 radical (unpaired) electrons. The van der Waals surface area contributed by atoms with Gasteiger partial charge in [-0.25, -0.2) is 0 Å². The van der Waals surface area contributed by atoms with E-state index in [0.717, 1.165) is 5.76 Å². The first-order valence-electron chi connectivity index (χ1n) is 6.85. The van der Waals surface area contributed by atoms with Gasteiger partial charge in [0.25, 0.3) is 0 Å². The van der Waals surface area contributed by atoms with Gasteiger partial charge in [0.2, 0.25) is 5.91 Å². The van der Waals surface area contributed by atoms with E-state index >= 15 is 0 Å². The number of hydrogen-bond acceptors (Lipinski definition) is 4. The van der Waals surface area contributed by atoms with Crippen molar-refractivity contribution in [3.8, 4) is 0 Å². The Hall–Kier alpha value is -1.82. The Kier molecular flexibility index (Phi) is 4.79. The molecule has 1 fully saturated rings. The molecule has 6 nitrogen and oxygen atoms in total. The second kappa shape index (κ2) is 6.56. The number of hydrogen-bond donors (Lipinski definition) is 1. The first kappa shape index (κ1) is 14.6. The topological polar surface area (TPSA) is 74.0 Å². The highest BCUT2D eigenvalue weighted by molar-refractivity contribution is 5.76. The van der Waals surface area contributed by atoms with Crippen molar-refractivity contribution in [2.45, 2.75) is 25.8 Å². The lowest BCUT2D eigenvalue weighted by molar-refractivity contribution is -0.144. The molecule has 0 saturated carbocycles. The second-order valence-corrected chi connectivity index (χ2v) is 5.01. The molecule has 0 aromatic carbocycles. The first-order chi connectivity index (χ1) is 9.58. The van der Waals surface area contributed by atoms with Crippen molar-refractivity contribution >= 4 is 11.9 Å². The summed E-state index contributed by atoms with van der Waals surface area (Å²) >= 11 is 0. The molecular formula is C14H20N2O4. The fourth-order valence-electron chi connectivity index (χ4n) is 2.36. The number of aryl methyl sites for hydroxylation is 1. The number of furan rings is 1. The summed E-state index contributed by atoms with van der Waals surface area (Å²) < 4.78 is 5.20. The van der Waals surface area contributed by atoms with Crippen LogP contribution in [0.15, 0.2) is 22.8 Å². The van der Waals surface area contributed by atoms with E-state index in [4.69, 9.17) is 9.52 Å². The smallest absolute Gasteiger partial charge is 0.320 e. The lowest BCUT2D eigenvalue weighted by Gasteiger charge is -2.36. The minimum absolute atomic E-state index is 0.101. The molecule has 1 unspecified atom stereocenters. The summed E-state index contributed by atoms with van der Waals surface area (Å²) in [7, 11) is 0. The Morgan fingerprint density at radius 1 is 1.35 bits per heavy atom. The Balaban J connectivity index is 1.75. The van der Waals surface area contributed by atoms with Crippen molar-refractivity contribution in [3.05, 3.63) is 24.2 Å². The summed E-state index contributed by atoms with van der Waals surface area (Å²) in [6.07, 6.45) is 2.64. The Morgan fingerprint density at radius 3 is 2.60 bits per heavy atom. The van der Waals surface area contributed by atoms with Crippen LogP contribution in [0.1, 0.15) is 19.1 Å². The largest absolute Gasteiger partial charge is 0.480 e. The number of amides is 1. The molecule has 0 aliphatic carbocycles. The maximum absolute atomic E-state index is 12.1. The van der Waals surface area contributed by atoms with E-state index in [-0.39, 0.29) is 5.91 Å². The van der Waals surface area contributed by atoms with Gasteiger partial charge in [0.15, 0.2) is 0 Å². The summed E-state index contributed by atoms with van der Waals surface area (Å²) in [5, 5.41) is 8.97. The normalized spacial score (nSPS) is 17.9. The maximum atomic E-state index is 12.1. The molecule has 110 valence electrons. The number of nitrogens with zero attached hydrogens (tertiary/aromatic N) is 2. The van der Waals surface area contributed by atoms with Crippen molar-refractivity contribution in [2.24, 2.45) is 0 Å². The third kappa shape index (κ3) is 3.60. The summed E-state index contributed by atoms with van der Waals surface area (Å²) in [6.45, 7) is 4.08. The molecule has 0 spiro atoms. The molecule has 1 aliphatic rings.